The smallest absolute Gasteiger partial charge is 0.133 e. The second kappa shape index (κ2) is 4.82. The number of hydrogen-bond acceptors (Lipinski definition) is 3. The largest absolute Gasteiger partial charge is 0.359 e. The minimum absolute atomic E-state index is 0.776. The maximum absolute atomic E-state index is 4.55. The Bertz CT molecular complexity index is 675. The van der Waals surface area contributed by atoms with E-state index >= 15 is 0 Å². The van der Waals surface area contributed by atoms with E-state index in [0.717, 1.165) is 23.3 Å². The Morgan fingerprint density at radius 2 is 2.11 bits per heavy atom. The number of thioether (sulfide) groups is 1. The lowest BCUT2D eigenvalue weighted by Crippen LogP contribution is -1.97. The van der Waals surface area contributed by atoms with Crippen molar-refractivity contribution in [3.05, 3.63) is 54.1 Å². The second-order valence-electron chi connectivity index (χ2n) is 4.05. The third-order valence-corrected chi connectivity index (χ3v) is 3.73. The summed E-state index contributed by atoms with van der Waals surface area (Å²) < 4.78 is 0. The van der Waals surface area contributed by atoms with Crippen LogP contribution in [0.4, 0.5) is 0 Å². The Morgan fingerprint density at radius 1 is 1.22 bits per heavy atom. The third kappa shape index (κ3) is 2.11. The first-order chi connectivity index (χ1) is 8.86. The summed E-state index contributed by atoms with van der Waals surface area (Å²) in [5.74, 6) is 0.864. The van der Waals surface area contributed by atoms with Crippen molar-refractivity contribution in [1.82, 2.24) is 15.0 Å². The molecule has 18 heavy (non-hydrogen) atoms. The lowest BCUT2D eigenvalue weighted by atomic mass is 10.1. The molecule has 0 aliphatic carbocycles. The molecule has 3 aromatic rings. The van der Waals surface area contributed by atoms with E-state index in [0.29, 0.717) is 0 Å². The average Bonchev–Trinajstić information content (AvgIpc) is 2.87. The summed E-state index contributed by atoms with van der Waals surface area (Å²) >= 11 is 1.76. The van der Waals surface area contributed by atoms with Gasteiger partial charge < -0.3 is 4.98 Å². The zero-order valence-corrected chi connectivity index (χ0v) is 10.9. The van der Waals surface area contributed by atoms with Crippen molar-refractivity contribution in [3.8, 4) is 0 Å². The van der Waals surface area contributed by atoms with E-state index < -0.39 is 0 Å². The molecular formula is C14H13N3S. The summed E-state index contributed by atoms with van der Waals surface area (Å²) in [6.07, 6.45) is 6.60. The van der Waals surface area contributed by atoms with E-state index in [4.69, 9.17) is 0 Å². The van der Waals surface area contributed by atoms with Crippen molar-refractivity contribution in [2.24, 2.45) is 0 Å². The summed E-state index contributed by atoms with van der Waals surface area (Å²) in [6.45, 7) is 0. The molecule has 0 aliphatic heterocycles. The van der Waals surface area contributed by atoms with Crippen molar-refractivity contribution in [2.45, 2.75) is 11.3 Å². The number of aromatic nitrogens is 3. The topological polar surface area (TPSA) is 41.6 Å². The lowest BCUT2D eigenvalue weighted by molar-refractivity contribution is 0.972. The van der Waals surface area contributed by atoms with Crippen LogP contribution in [0.5, 0.6) is 0 Å². The van der Waals surface area contributed by atoms with E-state index in [-0.39, 0.29) is 0 Å². The molecule has 0 atom stereocenters. The molecular weight excluding hydrogens is 242 g/mol. The number of aromatic amines is 1. The van der Waals surface area contributed by atoms with E-state index in [1.165, 1.54) is 10.5 Å². The SMILES string of the molecule is CSc1ccccc1Cc1ncc2[nH]ccc2n1. The van der Waals surface area contributed by atoms with Crippen molar-refractivity contribution >= 4 is 22.8 Å². The van der Waals surface area contributed by atoms with Gasteiger partial charge in [-0.25, -0.2) is 9.97 Å². The highest BCUT2D eigenvalue weighted by atomic mass is 32.2. The Hall–Kier alpha value is -1.81. The van der Waals surface area contributed by atoms with Crippen molar-refractivity contribution in [2.75, 3.05) is 6.26 Å². The molecule has 3 rings (SSSR count). The Labute approximate surface area is 110 Å². The molecule has 0 saturated heterocycles. The number of nitrogens with zero attached hydrogens (tertiary/aromatic N) is 2. The zero-order valence-electron chi connectivity index (χ0n) is 10.1. The zero-order chi connectivity index (χ0) is 12.4. The number of fused-ring (bicyclic) bond motifs is 1. The van der Waals surface area contributed by atoms with Gasteiger partial charge in [-0.2, -0.15) is 0 Å². The standard InChI is InChI=1S/C14H13N3S/c1-18-13-5-3-2-4-10(13)8-14-16-9-12-11(17-14)6-7-15-12/h2-7,9,15H,8H2,1H3. The molecule has 0 saturated carbocycles. The molecule has 0 spiro atoms. The van der Waals surface area contributed by atoms with Gasteiger partial charge in [0.05, 0.1) is 17.2 Å². The molecule has 90 valence electrons. The van der Waals surface area contributed by atoms with Gasteiger partial charge in [0, 0.05) is 17.5 Å². The van der Waals surface area contributed by atoms with Crippen molar-refractivity contribution in [1.29, 1.82) is 0 Å². The number of nitrogens with one attached hydrogen (secondary N) is 1. The molecule has 1 aromatic carbocycles. The van der Waals surface area contributed by atoms with E-state index in [1.807, 2.05) is 18.5 Å². The fraction of sp³-hybridized carbons (Fsp3) is 0.143. The van der Waals surface area contributed by atoms with Crippen LogP contribution < -0.4 is 0 Å². The van der Waals surface area contributed by atoms with Gasteiger partial charge in [-0.05, 0) is 24.0 Å². The number of hydrogen-bond donors (Lipinski definition) is 1. The fourth-order valence-corrected chi connectivity index (χ4v) is 2.60. The van der Waals surface area contributed by atoms with Gasteiger partial charge in [-0.3, -0.25) is 0 Å². The summed E-state index contributed by atoms with van der Waals surface area (Å²) in [4.78, 5) is 13.3. The van der Waals surface area contributed by atoms with Crippen LogP contribution >= 0.6 is 11.8 Å². The first-order valence-electron chi connectivity index (χ1n) is 5.78. The van der Waals surface area contributed by atoms with Gasteiger partial charge in [-0.15, -0.1) is 11.8 Å². The molecule has 2 heterocycles. The van der Waals surface area contributed by atoms with Crippen LogP contribution in [0.2, 0.25) is 0 Å². The van der Waals surface area contributed by atoms with Crippen LogP contribution in [0, 0.1) is 0 Å². The predicted molar refractivity (Wildman–Crippen MR) is 74.9 cm³/mol. The Balaban J connectivity index is 1.95. The minimum atomic E-state index is 0.776. The summed E-state index contributed by atoms with van der Waals surface area (Å²) in [5, 5.41) is 0. The fourth-order valence-electron chi connectivity index (χ4n) is 1.99. The maximum atomic E-state index is 4.55. The van der Waals surface area contributed by atoms with Gasteiger partial charge >= 0.3 is 0 Å². The van der Waals surface area contributed by atoms with Crippen LogP contribution in [0.15, 0.2) is 47.6 Å². The van der Waals surface area contributed by atoms with Crippen LogP contribution in [-0.2, 0) is 6.42 Å². The van der Waals surface area contributed by atoms with Gasteiger partial charge in [0.1, 0.15) is 5.82 Å². The molecule has 0 aliphatic rings. The molecule has 4 heteroatoms. The summed E-state index contributed by atoms with van der Waals surface area (Å²) in [7, 11) is 0. The molecule has 0 fully saturated rings. The highest BCUT2D eigenvalue weighted by Gasteiger charge is 2.05. The van der Waals surface area contributed by atoms with Crippen LogP contribution in [-0.4, -0.2) is 21.2 Å². The van der Waals surface area contributed by atoms with Crippen molar-refractivity contribution in [3.63, 3.8) is 0 Å². The van der Waals surface area contributed by atoms with E-state index in [2.05, 4.69) is 45.5 Å². The molecule has 0 radical (unpaired) electrons. The number of rotatable bonds is 3. The third-order valence-electron chi connectivity index (χ3n) is 2.89. The second-order valence-corrected chi connectivity index (χ2v) is 4.90. The van der Waals surface area contributed by atoms with Gasteiger partial charge in [0.25, 0.3) is 0 Å². The normalized spacial score (nSPS) is 10.9. The predicted octanol–water partition coefficient (Wildman–Crippen LogP) is 3.27. The first kappa shape index (κ1) is 11.3. The van der Waals surface area contributed by atoms with Gasteiger partial charge in [0.15, 0.2) is 0 Å². The van der Waals surface area contributed by atoms with Crippen LogP contribution in [0.25, 0.3) is 11.0 Å². The molecule has 1 N–H and O–H groups in total. The highest BCUT2D eigenvalue weighted by Crippen LogP contribution is 2.22. The average molecular weight is 255 g/mol. The molecule has 2 aromatic heterocycles. The Kier molecular flexibility index (Phi) is 3.02. The number of H-pyrrole nitrogens is 1. The van der Waals surface area contributed by atoms with E-state index in [1.54, 1.807) is 11.8 Å². The molecule has 3 nitrogen and oxygen atoms in total. The molecule has 0 unspecified atom stereocenters. The maximum Gasteiger partial charge on any atom is 0.133 e. The van der Waals surface area contributed by atoms with Crippen molar-refractivity contribution < 1.29 is 0 Å². The lowest BCUT2D eigenvalue weighted by Gasteiger charge is -2.05. The number of benzene rings is 1. The minimum Gasteiger partial charge on any atom is -0.359 e. The quantitative estimate of drug-likeness (QED) is 0.730. The molecule has 0 amide bonds. The van der Waals surface area contributed by atoms with Gasteiger partial charge in [-0.1, -0.05) is 18.2 Å². The Morgan fingerprint density at radius 3 is 3.00 bits per heavy atom. The monoisotopic (exact) mass is 255 g/mol. The summed E-state index contributed by atoms with van der Waals surface area (Å²) in [5.41, 5.74) is 3.23. The van der Waals surface area contributed by atoms with Crippen LogP contribution in [0.3, 0.4) is 0 Å². The first-order valence-corrected chi connectivity index (χ1v) is 7.00. The summed E-state index contributed by atoms with van der Waals surface area (Å²) in [6, 6.07) is 10.4. The highest BCUT2D eigenvalue weighted by molar-refractivity contribution is 7.98. The van der Waals surface area contributed by atoms with E-state index in [9.17, 15) is 0 Å². The van der Waals surface area contributed by atoms with Gasteiger partial charge in [0.2, 0.25) is 0 Å². The molecule has 0 bridgehead atoms. The van der Waals surface area contributed by atoms with Crippen LogP contribution in [0.1, 0.15) is 11.4 Å².